The summed E-state index contributed by atoms with van der Waals surface area (Å²) in [6.07, 6.45) is 3.28. The Morgan fingerprint density at radius 1 is 1.26 bits per heavy atom. The Balaban J connectivity index is 1.82. The summed E-state index contributed by atoms with van der Waals surface area (Å²) in [5.74, 6) is -0.170. The fourth-order valence-corrected chi connectivity index (χ4v) is 2.63. The van der Waals surface area contributed by atoms with Gasteiger partial charge >= 0.3 is 0 Å². The van der Waals surface area contributed by atoms with E-state index < -0.39 is 0 Å². The molecule has 1 aliphatic heterocycles. The molecule has 0 bridgehead atoms. The first-order valence-corrected chi connectivity index (χ1v) is 7.45. The highest BCUT2D eigenvalue weighted by Gasteiger charge is 2.25. The number of rotatable bonds is 2. The number of hydrogen-bond acceptors (Lipinski definition) is 4. The van der Waals surface area contributed by atoms with Gasteiger partial charge in [0.15, 0.2) is 5.69 Å². The molecule has 3 rings (SSSR count). The molecule has 0 saturated heterocycles. The molecule has 2 aromatic rings. The van der Waals surface area contributed by atoms with E-state index in [-0.39, 0.29) is 11.8 Å². The van der Waals surface area contributed by atoms with Crippen LogP contribution in [0.2, 0.25) is 0 Å². The molecule has 2 amide bonds. The highest BCUT2D eigenvalue weighted by molar-refractivity contribution is 5.95. The van der Waals surface area contributed by atoms with Gasteiger partial charge in [0.1, 0.15) is 0 Å². The molecule has 1 aliphatic rings. The third kappa shape index (κ3) is 2.81. The quantitative estimate of drug-likeness (QED) is 0.827. The first-order valence-electron chi connectivity index (χ1n) is 7.45. The second kappa shape index (κ2) is 5.83. The van der Waals surface area contributed by atoms with E-state index in [1.54, 1.807) is 42.1 Å². The van der Waals surface area contributed by atoms with Gasteiger partial charge in [-0.1, -0.05) is 0 Å². The Bertz CT molecular complexity index is 766. The molecule has 0 aromatic carbocycles. The fraction of sp³-hybridized carbons (Fsp3) is 0.375. The summed E-state index contributed by atoms with van der Waals surface area (Å²) in [4.78, 5) is 32.0. The van der Waals surface area contributed by atoms with Crippen LogP contribution in [0.1, 0.15) is 32.1 Å². The van der Waals surface area contributed by atoms with Crippen LogP contribution in [0.3, 0.4) is 0 Å². The molecule has 23 heavy (non-hydrogen) atoms. The van der Waals surface area contributed by atoms with E-state index in [9.17, 15) is 9.59 Å². The lowest BCUT2D eigenvalue weighted by atomic mass is 10.1. The summed E-state index contributed by atoms with van der Waals surface area (Å²) in [5, 5.41) is 4.33. The SMILES string of the molecule is Cc1ccncc1C(=O)N1CCn2nc(C(=O)N(C)C)cc2C1. The number of fused-ring (bicyclic) bond motifs is 1. The molecule has 7 nitrogen and oxygen atoms in total. The second-order valence-corrected chi connectivity index (χ2v) is 5.86. The number of pyridine rings is 1. The number of hydrogen-bond donors (Lipinski definition) is 0. The maximum absolute atomic E-state index is 12.7. The zero-order valence-electron chi connectivity index (χ0n) is 13.5. The lowest BCUT2D eigenvalue weighted by Crippen LogP contribution is -2.38. The average Bonchev–Trinajstić information content (AvgIpc) is 2.96. The molecule has 0 atom stereocenters. The number of carbonyl (C=O) groups excluding carboxylic acids is 2. The van der Waals surface area contributed by atoms with Crippen LogP contribution in [-0.4, -0.2) is 57.0 Å². The Kier molecular flexibility index (Phi) is 3.85. The summed E-state index contributed by atoms with van der Waals surface area (Å²) in [5.41, 5.74) is 2.81. The molecular weight excluding hydrogens is 294 g/mol. The van der Waals surface area contributed by atoms with Crippen LogP contribution in [0.4, 0.5) is 0 Å². The van der Waals surface area contributed by atoms with E-state index in [2.05, 4.69) is 10.1 Å². The summed E-state index contributed by atoms with van der Waals surface area (Å²) in [6, 6.07) is 3.59. The molecule has 0 N–H and O–H groups in total. The van der Waals surface area contributed by atoms with Gasteiger partial charge in [-0.05, 0) is 24.6 Å². The molecule has 0 saturated carbocycles. The van der Waals surface area contributed by atoms with Crippen LogP contribution >= 0.6 is 0 Å². The van der Waals surface area contributed by atoms with Crippen LogP contribution in [0.15, 0.2) is 24.5 Å². The number of aromatic nitrogens is 3. The van der Waals surface area contributed by atoms with Gasteiger partial charge in [-0.25, -0.2) is 0 Å². The minimum Gasteiger partial charge on any atom is -0.343 e. The monoisotopic (exact) mass is 313 g/mol. The first-order chi connectivity index (χ1) is 11.0. The van der Waals surface area contributed by atoms with E-state index in [0.29, 0.717) is 30.9 Å². The van der Waals surface area contributed by atoms with Gasteiger partial charge in [0.25, 0.3) is 11.8 Å². The normalized spacial score (nSPS) is 13.6. The number of amides is 2. The molecule has 0 fully saturated rings. The van der Waals surface area contributed by atoms with Gasteiger partial charge in [-0.15, -0.1) is 0 Å². The van der Waals surface area contributed by atoms with E-state index in [0.717, 1.165) is 11.3 Å². The largest absolute Gasteiger partial charge is 0.343 e. The highest BCUT2D eigenvalue weighted by atomic mass is 16.2. The third-order valence-corrected chi connectivity index (χ3v) is 3.98. The van der Waals surface area contributed by atoms with Crippen molar-refractivity contribution in [1.82, 2.24) is 24.6 Å². The molecule has 0 aliphatic carbocycles. The Labute approximate surface area is 134 Å². The summed E-state index contributed by atoms with van der Waals surface area (Å²) < 4.78 is 1.80. The van der Waals surface area contributed by atoms with Crippen molar-refractivity contribution in [3.8, 4) is 0 Å². The van der Waals surface area contributed by atoms with Crippen molar-refractivity contribution in [2.45, 2.75) is 20.0 Å². The maximum atomic E-state index is 12.7. The molecule has 2 aromatic heterocycles. The van der Waals surface area contributed by atoms with Gasteiger partial charge in [0.2, 0.25) is 0 Å². The highest BCUT2D eigenvalue weighted by Crippen LogP contribution is 2.18. The average molecular weight is 313 g/mol. The van der Waals surface area contributed by atoms with Crippen LogP contribution in [0.5, 0.6) is 0 Å². The van der Waals surface area contributed by atoms with E-state index in [1.807, 2.05) is 13.0 Å². The van der Waals surface area contributed by atoms with Gasteiger partial charge in [0.05, 0.1) is 24.3 Å². The van der Waals surface area contributed by atoms with Crippen molar-refractivity contribution in [2.75, 3.05) is 20.6 Å². The fourth-order valence-electron chi connectivity index (χ4n) is 2.63. The minimum absolute atomic E-state index is 0.0384. The summed E-state index contributed by atoms with van der Waals surface area (Å²) >= 11 is 0. The molecule has 0 unspecified atom stereocenters. The molecule has 0 radical (unpaired) electrons. The van der Waals surface area contributed by atoms with Gasteiger partial charge < -0.3 is 9.80 Å². The van der Waals surface area contributed by atoms with E-state index >= 15 is 0 Å². The topological polar surface area (TPSA) is 71.3 Å². The van der Waals surface area contributed by atoms with Crippen molar-refractivity contribution < 1.29 is 9.59 Å². The number of aryl methyl sites for hydroxylation is 1. The van der Waals surface area contributed by atoms with Crippen molar-refractivity contribution in [3.05, 3.63) is 47.0 Å². The molecule has 7 heteroatoms. The lowest BCUT2D eigenvalue weighted by molar-refractivity contribution is 0.0703. The summed E-state index contributed by atoms with van der Waals surface area (Å²) in [7, 11) is 3.39. The van der Waals surface area contributed by atoms with Crippen LogP contribution < -0.4 is 0 Å². The van der Waals surface area contributed by atoms with Crippen LogP contribution in [-0.2, 0) is 13.1 Å². The van der Waals surface area contributed by atoms with E-state index in [4.69, 9.17) is 0 Å². The Morgan fingerprint density at radius 3 is 2.74 bits per heavy atom. The van der Waals surface area contributed by atoms with Crippen LogP contribution in [0.25, 0.3) is 0 Å². The number of nitrogens with zero attached hydrogens (tertiary/aromatic N) is 5. The van der Waals surface area contributed by atoms with Crippen molar-refractivity contribution in [2.24, 2.45) is 0 Å². The second-order valence-electron chi connectivity index (χ2n) is 5.86. The zero-order valence-corrected chi connectivity index (χ0v) is 13.5. The predicted octanol–water partition coefficient (Wildman–Crippen LogP) is 0.944. The number of carbonyl (C=O) groups is 2. The molecule has 120 valence electrons. The first kappa shape index (κ1) is 15.2. The van der Waals surface area contributed by atoms with Gasteiger partial charge in [0, 0.05) is 33.0 Å². The molecule has 0 spiro atoms. The van der Waals surface area contributed by atoms with Gasteiger partial charge in [-0.2, -0.15) is 5.10 Å². The smallest absolute Gasteiger partial charge is 0.273 e. The maximum Gasteiger partial charge on any atom is 0.273 e. The standard InChI is InChI=1S/C16H19N5O2/c1-11-4-5-17-9-13(11)15(22)20-6-7-21-12(10-20)8-14(18-21)16(23)19(2)3/h4-5,8-9H,6-7,10H2,1-3H3. The summed E-state index contributed by atoms with van der Waals surface area (Å²) in [6.45, 7) is 3.50. The molecular formula is C16H19N5O2. The predicted molar refractivity (Wildman–Crippen MR) is 84.0 cm³/mol. The van der Waals surface area contributed by atoms with Crippen molar-refractivity contribution >= 4 is 11.8 Å². The zero-order chi connectivity index (χ0) is 16.6. The Hall–Kier alpha value is -2.70. The third-order valence-electron chi connectivity index (χ3n) is 3.98. The van der Waals surface area contributed by atoms with E-state index in [1.165, 1.54) is 4.90 Å². The van der Waals surface area contributed by atoms with Crippen LogP contribution in [0, 0.1) is 6.92 Å². The molecule has 3 heterocycles. The van der Waals surface area contributed by atoms with Crippen molar-refractivity contribution in [1.29, 1.82) is 0 Å². The van der Waals surface area contributed by atoms with Crippen molar-refractivity contribution in [3.63, 3.8) is 0 Å². The Morgan fingerprint density at radius 2 is 2.04 bits per heavy atom. The minimum atomic E-state index is -0.132. The van der Waals surface area contributed by atoms with Gasteiger partial charge in [-0.3, -0.25) is 19.3 Å². The lowest BCUT2D eigenvalue weighted by Gasteiger charge is -2.28.